The number of rotatable bonds is 4. The van der Waals surface area contributed by atoms with Crippen molar-refractivity contribution < 1.29 is 9.53 Å². The number of carbonyl (C=O) groups is 1. The van der Waals surface area contributed by atoms with Crippen molar-refractivity contribution in [2.24, 2.45) is 11.1 Å². The van der Waals surface area contributed by atoms with Crippen LogP contribution in [-0.2, 0) is 9.53 Å². The van der Waals surface area contributed by atoms with Gasteiger partial charge in [0.1, 0.15) is 0 Å². The number of hydrogen-bond acceptors (Lipinski definition) is 3. The smallest absolute Gasteiger partial charge is 0.220 e. The van der Waals surface area contributed by atoms with E-state index in [1.165, 1.54) is 25.7 Å². The molecule has 2 bridgehead atoms. The highest BCUT2D eigenvalue weighted by Gasteiger charge is 2.42. The summed E-state index contributed by atoms with van der Waals surface area (Å²) in [6, 6.07) is 0.254. The second kappa shape index (κ2) is 6.63. The quantitative estimate of drug-likeness (QED) is 0.836. The topological polar surface area (TPSA) is 64.4 Å². The predicted octanol–water partition coefficient (Wildman–Crippen LogP) is 2.14. The molecule has 3 unspecified atom stereocenters. The van der Waals surface area contributed by atoms with Gasteiger partial charge in [0.25, 0.3) is 0 Å². The number of ether oxygens (including phenoxy) is 1. The van der Waals surface area contributed by atoms with Crippen LogP contribution in [0.25, 0.3) is 0 Å². The van der Waals surface area contributed by atoms with Gasteiger partial charge in [-0.25, -0.2) is 0 Å². The highest BCUT2D eigenvalue weighted by Crippen LogP contribution is 2.39. The summed E-state index contributed by atoms with van der Waals surface area (Å²) in [5, 5.41) is 3.20. The third-order valence-corrected chi connectivity index (χ3v) is 5.34. The van der Waals surface area contributed by atoms with Gasteiger partial charge < -0.3 is 15.8 Å². The zero-order chi connectivity index (χ0) is 13.3. The fraction of sp³-hybridized carbons (Fsp3) is 0.933. The van der Waals surface area contributed by atoms with Gasteiger partial charge in [-0.2, -0.15) is 0 Å². The Morgan fingerprint density at radius 3 is 2.55 bits per heavy atom. The molecule has 2 saturated heterocycles. The number of nitrogens with two attached hydrogens (primary N) is 1. The lowest BCUT2D eigenvalue weighted by molar-refractivity contribution is -0.125. The molecule has 3 N–H and O–H groups in total. The van der Waals surface area contributed by atoms with E-state index in [0.29, 0.717) is 19.1 Å². The van der Waals surface area contributed by atoms with E-state index in [0.717, 1.165) is 25.7 Å². The number of halogens is 1. The maximum Gasteiger partial charge on any atom is 0.220 e. The summed E-state index contributed by atoms with van der Waals surface area (Å²) in [4.78, 5) is 12.3. The summed E-state index contributed by atoms with van der Waals surface area (Å²) in [6.07, 6.45) is 10.5. The fourth-order valence-corrected chi connectivity index (χ4v) is 4.14. The van der Waals surface area contributed by atoms with Crippen LogP contribution >= 0.6 is 12.4 Å². The molecule has 2 aliphatic heterocycles. The van der Waals surface area contributed by atoms with Gasteiger partial charge >= 0.3 is 0 Å². The number of nitrogens with one attached hydrogen (secondary N) is 1. The molecule has 1 aliphatic carbocycles. The first-order chi connectivity index (χ1) is 9.21. The van der Waals surface area contributed by atoms with E-state index in [9.17, 15) is 4.79 Å². The lowest BCUT2D eigenvalue weighted by atomic mass is 9.71. The zero-order valence-corrected chi connectivity index (χ0v) is 12.9. The van der Waals surface area contributed by atoms with Crippen molar-refractivity contribution >= 4 is 18.3 Å². The minimum absolute atomic E-state index is 0. The van der Waals surface area contributed by atoms with Crippen LogP contribution in [0, 0.1) is 5.41 Å². The molecule has 0 radical (unpaired) electrons. The maximum absolute atomic E-state index is 12.3. The molecule has 2 heterocycles. The minimum atomic E-state index is 0. The summed E-state index contributed by atoms with van der Waals surface area (Å²) in [5.74, 6) is 0.188. The van der Waals surface area contributed by atoms with E-state index in [4.69, 9.17) is 10.5 Å². The normalized spacial score (nSPS) is 34.5. The molecule has 0 aromatic rings. The van der Waals surface area contributed by atoms with E-state index in [-0.39, 0.29) is 35.9 Å². The second-order valence-corrected chi connectivity index (χ2v) is 6.73. The lowest BCUT2D eigenvalue weighted by Crippen LogP contribution is -2.45. The van der Waals surface area contributed by atoms with Crippen LogP contribution in [0.2, 0.25) is 0 Å². The number of hydrogen-bond donors (Lipinski definition) is 2. The molecular weight excluding hydrogens is 276 g/mol. The monoisotopic (exact) mass is 302 g/mol. The Morgan fingerprint density at radius 1 is 1.25 bits per heavy atom. The van der Waals surface area contributed by atoms with Crippen LogP contribution in [-0.4, -0.2) is 30.7 Å². The van der Waals surface area contributed by atoms with Crippen LogP contribution < -0.4 is 11.1 Å². The number of fused-ring (bicyclic) bond motifs is 2. The van der Waals surface area contributed by atoms with Gasteiger partial charge in [0.2, 0.25) is 5.91 Å². The molecule has 116 valence electrons. The third-order valence-electron chi connectivity index (χ3n) is 5.34. The Morgan fingerprint density at radius 2 is 2.00 bits per heavy atom. The van der Waals surface area contributed by atoms with E-state index in [1.807, 2.05) is 0 Å². The summed E-state index contributed by atoms with van der Waals surface area (Å²) < 4.78 is 5.79. The fourth-order valence-electron chi connectivity index (χ4n) is 4.14. The molecule has 3 aliphatic rings. The molecule has 5 heteroatoms. The Labute approximate surface area is 127 Å². The van der Waals surface area contributed by atoms with Gasteiger partial charge in [0.05, 0.1) is 18.2 Å². The van der Waals surface area contributed by atoms with E-state index in [2.05, 4.69) is 5.32 Å². The highest BCUT2D eigenvalue weighted by atomic mass is 35.5. The molecule has 0 aromatic heterocycles. The van der Waals surface area contributed by atoms with Gasteiger partial charge in [0, 0.05) is 6.42 Å². The van der Waals surface area contributed by atoms with Crippen molar-refractivity contribution in [2.75, 3.05) is 6.54 Å². The van der Waals surface area contributed by atoms with Crippen LogP contribution in [0.4, 0.5) is 0 Å². The molecule has 3 rings (SSSR count). The third kappa shape index (κ3) is 3.29. The van der Waals surface area contributed by atoms with Gasteiger partial charge in [-0.1, -0.05) is 19.3 Å². The van der Waals surface area contributed by atoms with Crippen molar-refractivity contribution in [3.8, 4) is 0 Å². The van der Waals surface area contributed by atoms with Crippen LogP contribution in [0.3, 0.4) is 0 Å². The lowest BCUT2D eigenvalue weighted by Gasteiger charge is -2.36. The first kappa shape index (κ1) is 16.1. The van der Waals surface area contributed by atoms with Crippen molar-refractivity contribution in [3.63, 3.8) is 0 Å². The Hall–Kier alpha value is -0.320. The average molecular weight is 303 g/mol. The molecular formula is C15H27ClN2O2. The van der Waals surface area contributed by atoms with Crippen molar-refractivity contribution in [2.45, 2.75) is 76.0 Å². The first-order valence-corrected chi connectivity index (χ1v) is 7.86. The van der Waals surface area contributed by atoms with Gasteiger partial charge in [-0.3, -0.25) is 4.79 Å². The van der Waals surface area contributed by atoms with E-state index in [1.54, 1.807) is 0 Å². The number of carbonyl (C=O) groups excluding carboxylic acids is 1. The summed E-state index contributed by atoms with van der Waals surface area (Å²) >= 11 is 0. The van der Waals surface area contributed by atoms with Gasteiger partial charge in [0.15, 0.2) is 0 Å². The first-order valence-electron chi connectivity index (χ1n) is 7.86. The average Bonchev–Trinajstić information content (AvgIpc) is 3.02. The largest absolute Gasteiger partial charge is 0.373 e. The van der Waals surface area contributed by atoms with Crippen molar-refractivity contribution in [3.05, 3.63) is 0 Å². The SMILES string of the molecule is Cl.NCC1(CC(=O)NC2CC3CCC2O3)CCCCC1. The second-order valence-electron chi connectivity index (χ2n) is 6.73. The molecule has 0 aromatic carbocycles. The van der Waals surface area contributed by atoms with Gasteiger partial charge in [-0.15, -0.1) is 12.4 Å². The van der Waals surface area contributed by atoms with Crippen LogP contribution in [0.1, 0.15) is 57.8 Å². The van der Waals surface area contributed by atoms with Crippen LogP contribution in [0.15, 0.2) is 0 Å². The van der Waals surface area contributed by atoms with E-state index < -0.39 is 0 Å². The molecule has 3 fully saturated rings. The zero-order valence-electron chi connectivity index (χ0n) is 12.1. The molecule has 0 spiro atoms. The number of amides is 1. The molecule has 3 atom stereocenters. The van der Waals surface area contributed by atoms with Crippen molar-refractivity contribution in [1.29, 1.82) is 0 Å². The van der Waals surface area contributed by atoms with Gasteiger partial charge in [-0.05, 0) is 44.1 Å². The molecule has 1 saturated carbocycles. The standard InChI is InChI=1S/C15H26N2O2.ClH/c16-10-15(6-2-1-3-7-15)9-14(18)17-12-8-11-4-5-13(12)19-11;/h11-13H,1-10,16H2,(H,17,18);1H. The molecule has 1 amide bonds. The molecule has 4 nitrogen and oxygen atoms in total. The molecule has 20 heavy (non-hydrogen) atoms. The van der Waals surface area contributed by atoms with Crippen LogP contribution in [0.5, 0.6) is 0 Å². The predicted molar refractivity (Wildman–Crippen MR) is 80.9 cm³/mol. The summed E-state index contributed by atoms with van der Waals surface area (Å²) in [6.45, 7) is 0.646. The summed E-state index contributed by atoms with van der Waals surface area (Å²) in [5.41, 5.74) is 6.02. The van der Waals surface area contributed by atoms with E-state index >= 15 is 0 Å². The summed E-state index contributed by atoms with van der Waals surface area (Å²) in [7, 11) is 0. The minimum Gasteiger partial charge on any atom is -0.373 e. The Kier molecular flexibility index (Phi) is 5.32. The van der Waals surface area contributed by atoms with Crippen molar-refractivity contribution in [1.82, 2.24) is 5.32 Å². The maximum atomic E-state index is 12.3. The highest BCUT2D eigenvalue weighted by molar-refractivity contribution is 5.85. The Balaban J connectivity index is 0.00000147. The Bertz CT molecular complexity index is 345.